The maximum absolute atomic E-state index is 14.6. The first-order chi connectivity index (χ1) is 29.1. The number of carbonyl (C=O) groups is 3. The standard InChI is InChI=1S/C49H79N7O6/c1-15-40-32(2)41(19-21-49(40,6)7)52-47(60)44-39(31-57)42(28-50-43(58)20-22-53(8)9)62-56(44)30-34-17-16-18-38(45(34)61-14)35-23-36(25-37(24-35)55(12)13)46(59)51-27-33(29-54(10)11)26-48(3,4)5/h16-18,23-25,27,32-33,39-42,44,57H,15,19-22,26,28-31H2,1-14H3,(H,50,58)(H,52,60)/t32-,33?,39?,40-,41-,42-,44?/m0/s1. The van der Waals surface area contributed by atoms with Gasteiger partial charge in [-0.3, -0.25) is 19.2 Å². The Bertz CT molecular complexity index is 1840. The first kappa shape index (κ1) is 50.8. The van der Waals surface area contributed by atoms with Crippen LogP contribution in [0.4, 0.5) is 5.69 Å². The molecule has 346 valence electrons. The lowest BCUT2D eigenvalue weighted by atomic mass is 9.61. The lowest BCUT2D eigenvalue weighted by Crippen LogP contribution is -2.55. The first-order valence-corrected chi connectivity index (χ1v) is 22.6. The van der Waals surface area contributed by atoms with E-state index in [-0.39, 0.29) is 66.1 Å². The zero-order chi connectivity index (χ0) is 46.1. The number of carbonyl (C=O) groups excluding carboxylic acids is 3. The van der Waals surface area contributed by atoms with E-state index in [0.717, 1.165) is 54.6 Å². The van der Waals surface area contributed by atoms with Crippen molar-refractivity contribution in [2.45, 2.75) is 105 Å². The summed E-state index contributed by atoms with van der Waals surface area (Å²) in [4.78, 5) is 58.4. The topological polar surface area (TPSA) is 139 Å². The number of anilines is 1. The van der Waals surface area contributed by atoms with Crippen LogP contribution in [-0.2, 0) is 21.0 Å². The second-order valence-corrected chi connectivity index (χ2v) is 20.4. The second-order valence-electron chi connectivity index (χ2n) is 20.4. The fourth-order valence-electron chi connectivity index (χ4n) is 9.75. The number of amides is 3. The summed E-state index contributed by atoms with van der Waals surface area (Å²) in [7, 11) is 13.4. The van der Waals surface area contributed by atoms with Gasteiger partial charge in [0.05, 0.1) is 20.3 Å². The van der Waals surface area contributed by atoms with Crippen molar-refractivity contribution in [3.63, 3.8) is 0 Å². The van der Waals surface area contributed by atoms with Gasteiger partial charge in [-0.25, -0.2) is 4.99 Å². The van der Waals surface area contributed by atoms with Crippen LogP contribution in [-0.4, -0.2) is 138 Å². The number of rotatable bonds is 19. The Balaban J connectivity index is 1.70. The van der Waals surface area contributed by atoms with Crippen LogP contribution in [0.5, 0.6) is 5.75 Å². The Hall–Kier alpha value is -3.88. The highest BCUT2D eigenvalue weighted by molar-refractivity contribution is 6.01. The number of aliphatic hydroxyl groups excluding tert-OH is 1. The van der Waals surface area contributed by atoms with Crippen molar-refractivity contribution in [2.24, 2.45) is 39.5 Å². The molecule has 62 heavy (non-hydrogen) atoms. The summed E-state index contributed by atoms with van der Waals surface area (Å²) in [5, 5.41) is 18.9. The number of aliphatic imine (C=N–C) groups is 1. The number of hydrogen-bond acceptors (Lipinski definition) is 10. The molecule has 7 atom stereocenters. The van der Waals surface area contributed by atoms with Crippen molar-refractivity contribution in [2.75, 3.05) is 80.5 Å². The number of hydrogen-bond donors (Lipinski definition) is 3. The normalized spacial score (nSPS) is 23.5. The molecule has 1 aliphatic heterocycles. The number of methoxy groups -OCH3 is 1. The Labute approximate surface area is 372 Å². The lowest BCUT2D eigenvalue weighted by Gasteiger charge is -2.47. The van der Waals surface area contributed by atoms with E-state index in [1.807, 2.05) is 88.5 Å². The van der Waals surface area contributed by atoms with Crippen LogP contribution in [0, 0.1) is 34.5 Å². The summed E-state index contributed by atoms with van der Waals surface area (Å²) < 4.78 is 6.16. The molecule has 2 aliphatic rings. The molecule has 4 rings (SSSR count). The second kappa shape index (κ2) is 22.2. The quantitative estimate of drug-likeness (QED) is 0.137. The molecule has 1 saturated heterocycles. The van der Waals surface area contributed by atoms with Crippen LogP contribution in [0.25, 0.3) is 11.1 Å². The number of ether oxygens (including phenoxy) is 1. The van der Waals surface area contributed by atoms with Gasteiger partial charge in [-0.15, -0.1) is 0 Å². The Morgan fingerprint density at radius 2 is 1.79 bits per heavy atom. The monoisotopic (exact) mass is 862 g/mol. The predicted octanol–water partition coefficient (Wildman–Crippen LogP) is 6.38. The third kappa shape index (κ3) is 13.6. The van der Waals surface area contributed by atoms with Gasteiger partial charge in [0.2, 0.25) is 11.8 Å². The van der Waals surface area contributed by atoms with Crippen LogP contribution in [0.3, 0.4) is 0 Å². The number of aliphatic hydroxyl groups is 1. The largest absolute Gasteiger partial charge is 0.496 e. The van der Waals surface area contributed by atoms with E-state index in [1.165, 1.54) is 0 Å². The third-order valence-corrected chi connectivity index (χ3v) is 12.9. The zero-order valence-corrected chi connectivity index (χ0v) is 40.4. The Morgan fingerprint density at radius 3 is 2.39 bits per heavy atom. The van der Waals surface area contributed by atoms with Gasteiger partial charge in [0.1, 0.15) is 17.9 Å². The van der Waals surface area contributed by atoms with E-state index in [2.05, 4.69) is 69.0 Å². The molecule has 1 aliphatic carbocycles. The van der Waals surface area contributed by atoms with E-state index >= 15 is 0 Å². The number of para-hydroxylation sites is 1. The molecule has 1 heterocycles. The van der Waals surface area contributed by atoms with Gasteiger partial charge in [-0.1, -0.05) is 73.1 Å². The molecule has 3 amide bonds. The maximum Gasteiger partial charge on any atom is 0.276 e. The van der Waals surface area contributed by atoms with Crippen LogP contribution in [0.15, 0.2) is 41.4 Å². The van der Waals surface area contributed by atoms with E-state index in [9.17, 15) is 19.5 Å². The van der Waals surface area contributed by atoms with E-state index < -0.39 is 18.1 Å². The molecule has 0 aromatic heterocycles. The average molecular weight is 862 g/mol. The SMILES string of the molecule is CC[C@H]1[C@H](C)[C@@H](NC(=O)C2C(CO)[C@H](CNC(=O)CCN(C)C)ON2Cc2cccc(-c3cc(C(=O)N=CC(CN(C)C)CC(C)(C)C)cc(N(C)C)c3)c2OC)CCC1(C)C. The van der Waals surface area contributed by atoms with Gasteiger partial charge < -0.3 is 35.2 Å². The van der Waals surface area contributed by atoms with Crippen molar-refractivity contribution in [3.8, 4) is 16.9 Å². The minimum atomic E-state index is -0.840. The highest BCUT2D eigenvalue weighted by Crippen LogP contribution is 2.46. The highest BCUT2D eigenvalue weighted by Gasteiger charge is 2.49. The first-order valence-electron chi connectivity index (χ1n) is 22.6. The van der Waals surface area contributed by atoms with Crippen LogP contribution in [0.2, 0.25) is 0 Å². The molecule has 3 unspecified atom stereocenters. The maximum atomic E-state index is 14.6. The van der Waals surface area contributed by atoms with Gasteiger partial charge in [-0.2, -0.15) is 5.06 Å². The average Bonchev–Trinajstić information content (AvgIpc) is 3.55. The summed E-state index contributed by atoms with van der Waals surface area (Å²) in [6, 6.07) is 10.7. The fourth-order valence-corrected chi connectivity index (χ4v) is 9.75. The molecule has 0 spiro atoms. The summed E-state index contributed by atoms with van der Waals surface area (Å²) >= 11 is 0. The van der Waals surface area contributed by atoms with Gasteiger partial charge in [0.15, 0.2) is 0 Å². The molecule has 2 aromatic rings. The van der Waals surface area contributed by atoms with Crippen LogP contribution < -0.4 is 20.3 Å². The summed E-state index contributed by atoms with van der Waals surface area (Å²) in [5.41, 5.74) is 3.83. The molecule has 0 bridgehead atoms. The number of hydroxylamine groups is 2. The molecular formula is C49H79N7O6. The van der Waals surface area contributed by atoms with Gasteiger partial charge >= 0.3 is 0 Å². The molecule has 13 nitrogen and oxygen atoms in total. The van der Waals surface area contributed by atoms with E-state index in [1.54, 1.807) is 18.4 Å². The van der Waals surface area contributed by atoms with Gasteiger partial charge in [0, 0.05) is 86.6 Å². The summed E-state index contributed by atoms with van der Waals surface area (Å²) in [6.45, 7) is 17.1. The smallest absolute Gasteiger partial charge is 0.276 e. The van der Waals surface area contributed by atoms with Crippen LogP contribution in [0.1, 0.15) is 96.5 Å². The molecule has 0 radical (unpaired) electrons. The highest BCUT2D eigenvalue weighted by atomic mass is 16.7. The van der Waals surface area contributed by atoms with Gasteiger partial charge in [-0.05, 0) is 93.9 Å². The minimum absolute atomic E-state index is 0.0214. The molecular weight excluding hydrogens is 783 g/mol. The molecule has 3 N–H and O–H groups in total. The number of nitrogens with one attached hydrogen (secondary N) is 2. The molecule has 1 saturated carbocycles. The van der Waals surface area contributed by atoms with Crippen molar-refractivity contribution in [1.29, 1.82) is 0 Å². The summed E-state index contributed by atoms with van der Waals surface area (Å²) in [6.07, 6.45) is 5.26. The van der Waals surface area contributed by atoms with Gasteiger partial charge in [0.25, 0.3) is 5.91 Å². The Morgan fingerprint density at radius 1 is 1.08 bits per heavy atom. The zero-order valence-electron chi connectivity index (χ0n) is 40.4. The number of nitrogens with zero attached hydrogens (tertiary/aromatic N) is 5. The third-order valence-electron chi connectivity index (χ3n) is 12.9. The minimum Gasteiger partial charge on any atom is -0.496 e. The van der Waals surface area contributed by atoms with Crippen molar-refractivity contribution < 1.29 is 29.1 Å². The van der Waals surface area contributed by atoms with E-state index in [0.29, 0.717) is 30.2 Å². The Kier molecular flexibility index (Phi) is 18.1. The van der Waals surface area contributed by atoms with Crippen molar-refractivity contribution in [1.82, 2.24) is 25.5 Å². The predicted molar refractivity (Wildman–Crippen MR) is 251 cm³/mol. The molecule has 13 heteroatoms. The van der Waals surface area contributed by atoms with Crippen molar-refractivity contribution >= 4 is 29.6 Å². The van der Waals surface area contributed by atoms with Crippen molar-refractivity contribution in [3.05, 3.63) is 47.5 Å². The fraction of sp³-hybridized carbons (Fsp3) is 0.673. The van der Waals surface area contributed by atoms with E-state index in [4.69, 9.17) is 9.57 Å². The number of benzene rings is 2. The molecule has 2 aromatic carbocycles. The summed E-state index contributed by atoms with van der Waals surface area (Å²) in [5.74, 6) is 0.133. The lowest BCUT2D eigenvalue weighted by molar-refractivity contribution is -0.176. The molecule has 2 fully saturated rings. The van der Waals surface area contributed by atoms with Crippen LogP contribution >= 0.6 is 0 Å².